The van der Waals surface area contributed by atoms with Crippen LogP contribution in [0.2, 0.25) is 0 Å². The van der Waals surface area contributed by atoms with Crippen LogP contribution in [0.5, 0.6) is 0 Å². The van der Waals surface area contributed by atoms with Crippen LogP contribution in [0.15, 0.2) is 99.7 Å². The van der Waals surface area contributed by atoms with Crippen LogP contribution in [-0.2, 0) is 40.5 Å². The summed E-state index contributed by atoms with van der Waals surface area (Å²) in [6.45, 7) is 9.46. The van der Waals surface area contributed by atoms with Crippen LogP contribution in [0.25, 0.3) is 0 Å². The number of amides is 2. The van der Waals surface area contributed by atoms with Gasteiger partial charge in [0.15, 0.2) is 11.1 Å². The summed E-state index contributed by atoms with van der Waals surface area (Å²) in [4.78, 5) is 61.7. The molecule has 0 bridgehead atoms. The zero-order valence-corrected chi connectivity index (χ0v) is 34.7. The van der Waals surface area contributed by atoms with Gasteiger partial charge in [0.25, 0.3) is 11.8 Å². The van der Waals surface area contributed by atoms with E-state index in [2.05, 4.69) is 18.7 Å². The number of nitrogens with zero attached hydrogens (tertiary/aromatic N) is 4. The molecule has 2 amide bonds. The molecule has 4 rings (SSSR count). The van der Waals surface area contributed by atoms with E-state index < -0.39 is 39.7 Å². The zero-order valence-electron chi connectivity index (χ0n) is 33.1. The second kappa shape index (κ2) is 20.7. The highest BCUT2D eigenvalue weighted by Gasteiger charge is 2.43. The van der Waals surface area contributed by atoms with Crippen molar-refractivity contribution in [2.75, 3.05) is 30.8 Å². The Labute approximate surface area is 341 Å². The van der Waals surface area contributed by atoms with Crippen molar-refractivity contribution in [3.63, 3.8) is 0 Å². The van der Waals surface area contributed by atoms with Gasteiger partial charge in [-0.25, -0.2) is 14.5 Å². The quantitative estimate of drug-likeness (QED) is 0.0229. The van der Waals surface area contributed by atoms with E-state index >= 15 is 0 Å². The average Bonchev–Trinajstić information content (AvgIpc) is 3.56. The lowest BCUT2D eigenvalue weighted by Gasteiger charge is -2.34. The van der Waals surface area contributed by atoms with Crippen LogP contribution in [0.3, 0.4) is 0 Å². The summed E-state index contributed by atoms with van der Waals surface area (Å²) in [6.07, 6.45) is 20.3. The summed E-state index contributed by atoms with van der Waals surface area (Å²) in [5.41, 5.74) is 5.75. The molecule has 308 valence electrons. The summed E-state index contributed by atoms with van der Waals surface area (Å²) in [6, 6.07) is 5.31. The number of hydrogen-bond donors (Lipinski definition) is 4. The number of fused-ring (bicyclic) bond motifs is 2. The standard InChI is InChI=1S/C41H53N5O9S2/c1-40(2)32-26-29(39(50)43-51)28-45(22-15-25-56-52)38(32)42-34(40)16-10-7-6-8-11-17-35-41(3,4)31-27-30(57(53)54)20-21-33(31)46(35)23-13-9-12-19-37(49)55-44(5)36(48)18-14-24-47/h6-8,10-11,16-17,20-21,24,26-28,38,51-52H,9,12-15,18-19,22-23,25H2,1-5H3,(H,43,50)(H,53,54)/b7-6+,11-8+,16-10+,35-17+. The maximum Gasteiger partial charge on any atom is 0.332 e. The van der Waals surface area contributed by atoms with Gasteiger partial charge in [0, 0.05) is 79.3 Å². The Balaban J connectivity index is 1.43. The fourth-order valence-electron chi connectivity index (χ4n) is 7.03. The van der Waals surface area contributed by atoms with E-state index in [0.29, 0.717) is 48.4 Å². The summed E-state index contributed by atoms with van der Waals surface area (Å²) < 4.78 is 31.0. The van der Waals surface area contributed by atoms with Gasteiger partial charge in [-0.3, -0.25) is 19.8 Å². The van der Waals surface area contributed by atoms with Crippen LogP contribution < -0.4 is 10.4 Å². The number of hydroxylamine groups is 3. The molecule has 2 unspecified atom stereocenters. The van der Waals surface area contributed by atoms with Crippen LogP contribution in [0, 0.1) is 5.41 Å². The maximum absolute atomic E-state index is 12.3. The number of aliphatic imine (C=N–C) groups is 1. The first-order chi connectivity index (χ1) is 27.2. The zero-order chi connectivity index (χ0) is 41.8. The Hall–Kier alpha value is -4.61. The topological polar surface area (TPSA) is 189 Å². The van der Waals surface area contributed by atoms with Crippen molar-refractivity contribution in [1.82, 2.24) is 15.4 Å². The number of allylic oxidation sites excluding steroid dienone is 8. The number of aldehydes is 1. The van der Waals surface area contributed by atoms with E-state index in [9.17, 15) is 37.7 Å². The van der Waals surface area contributed by atoms with Gasteiger partial charge in [-0.15, -0.1) is 0 Å². The summed E-state index contributed by atoms with van der Waals surface area (Å²) in [5, 5.41) is 10.1. The molecular weight excluding hydrogens is 771 g/mol. The number of benzene rings is 1. The number of anilines is 1. The lowest BCUT2D eigenvalue weighted by Crippen LogP contribution is -2.38. The molecule has 3 heterocycles. The van der Waals surface area contributed by atoms with Crippen LogP contribution in [-0.4, -0.2) is 90.3 Å². The second-order valence-electron chi connectivity index (χ2n) is 14.8. The van der Waals surface area contributed by atoms with Gasteiger partial charge < -0.3 is 28.5 Å². The molecule has 0 saturated carbocycles. The molecule has 0 radical (unpaired) electrons. The number of carbonyl (C=O) groups excluding carboxylic acids is 4. The Morgan fingerprint density at radius 1 is 1.02 bits per heavy atom. The Bertz CT molecular complexity index is 1910. The third-order valence-corrected chi connectivity index (χ3v) is 11.3. The highest BCUT2D eigenvalue weighted by atomic mass is 32.2. The minimum absolute atomic E-state index is 0.0217. The third-order valence-electron chi connectivity index (χ3n) is 10.2. The van der Waals surface area contributed by atoms with E-state index in [1.165, 1.54) is 7.05 Å². The molecule has 16 heteroatoms. The minimum Gasteiger partial charge on any atom is -0.352 e. The molecule has 4 N–H and O–H groups in total. The average molecular weight is 824 g/mol. The van der Waals surface area contributed by atoms with Gasteiger partial charge in [-0.1, -0.05) is 64.5 Å². The van der Waals surface area contributed by atoms with Gasteiger partial charge in [0.2, 0.25) is 0 Å². The van der Waals surface area contributed by atoms with Crippen molar-refractivity contribution in [2.45, 2.75) is 89.1 Å². The number of carbonyl (C=O) groups is 4. The first-order valence-electron chi connectivity index (χ1n) is 18.8. The largest absolute Gasteiger partial charge is 0.352 e. The smallest absolute Gasteiger partial charge is 0.332 e. The summed E-state index contributed by atoms with van der Waals surface area (Å²) >= 11 is -1.36. The normalized spacial score (nSPS) is 19.4. The second-order valence-corrected chi connectivity index (χ2v) is 16.5. The van der Waals surface area contributed by atoms with E-state index in [1.807, 2.05) is 67.3 Å². The molecule has 2 atom stereocenters. The Kier molecular flexibility index (Phi) is 16.4. The van der Waals surface area contributed by atoms with Crippen LogP contribution in [0.4, 0.5) is 5.69 Å². The lowest BCUT2D eigenvalue weighted by molar-refractivity contribution is -0.192. The van der Waals surface area contributed by atoms with E-state index in [1.54, 1.807) is 29.9 Å². The van der Waals surface area contributed by atoms with Crippen LogP contribution in [0.1, 0.15) is 78.2 Å². The molecule has 14 nitrogen and oxygen atoms in total. The van der Waals surface area contributed by atoms with Gasteiger partial charge in [0.1, 0.15) is 12.5 Å². The van der Waals surface area contributed by atoms with Crippen molar-refractivity contribution < 1.29 is 42.5 Å². The molecule has 0 fully saturated rings. The van der Waals surface area contributed by atoms with E-state index in [4.69, 9.17) is 9.83 Å². The predicted octanol–water partition coefficient (Wildman–Crippen LogP) is 6.41. The van der Waals surface area contributed by atoms with Crippen molar-refractivity contribution in [2.24, 2.45) is 10.4 Å². The molecule has 1 aromatic rings. The van der Waals surface area contributed by atoms with Crippen molar-refractivity contribution in [3.8, 4) is 0 Å². The first kappa shape index (κ1) is 45.1. The Morgan fingerprint density at radius 2 is 1.75 bits per heavy atom. The highest BCUT2D eigenvalue weighted by molar-refractivity contribution is 7.93. The minimum atomic E-state index is -2.13. The molecule has 0 aromatic heterocycles. The Morgan fingerprint density at radius 3 is 2.46 bits per heavy atom. The number of unbranched alkanes of at least 4 members (excludes halogenated alkanes) is 2. The first-order valence-corrected chi connectivity index (χ1v) is 20.9. The molecule has 0 spiro atoms. The third kappa shape index (κ3) is 11.3. The molecule has 1 aromatic carbocycles. The van der Waals surface area contributed by atoms with Crippen molar-refractivity contribution in [3.05, 3.63) is 95.4 Å². The van der Waals surface area contributed by atoms with Gasteiger partial charge >= 0.3 is 5.97 Å². The monoisotopic (exact) mass is 823 g/mol. The molecule has 0 saturated heterocycles. The summed E-state index contributed by atoms with van der Waals surface area (Å²) in [7, 11) is 1.36. The lowest BCUT2D eigenvalue weighted by atomic mass is 9.78. The predicted molar refractivity (Wildman–Crippen MR) is 221 cm³/mol. The van der Waals surface area contributed by atoms with Crippen molar-refractivity contribution >= 4 is 58.6 Å². The fraction of sp³-hybridized carbons (Fsp3) is 0.439. The SMILES string of the molecule is CN(OC(=O)CCCCCN1/C(=C/C=C/C=C/C=C/C2=NC3C(=CC(C(=O)NO)=CN3CCCSO)C2(C)C)C(C)(C)c2cc(S(=O)O)ccc21)C(=O)CCC=O. The van der Waals surface area contributed by atoms with E-state index in [0.717, 1.165) is 58.2 Å². The number of hydrogen-bond acceptors (Lipinski definition) is 12. The number of rotatable bonds is 19. The summed E-state index contributed by atoms with van der Waals surface area (Å²) in [5.74, 6) is -1.02. The highest BCUT2D eigenvalue weighted by Crippen LogP contribution is 2.48. The van der Waals surface area contributed by atoms with Gasteiger partial charge in [-0.05, 0) is 78.9 Å². The number of nitrogens with one attached hydrogen (secondary N) is 1. The van der Waals surface area contributed by atoms with Gasteiger partial charge in [0.05, 0.1) is 10.5 Å². The molecule has 3 aliphatic heterocycles. The molecule has 0 aliphatic carbocycles. The van der Waals surface area contributed by atoms with E-state index in [-0.39, 0.29) is 25.4 Å². The van der Waals surface area contributed by atoms with Crippen LogP contribution >= 0.6 is 12.0 Å². The van der Waals surface area contributed by atoms with Gasteiger partial charge in [-0.2, -0.15) is 5.06 Å². The molecule has 57 heavy (non-hydrogen) atoms. The van der Waals surface area contributed by atoms with Crippen molar-refractivity contribution in [1.29, 1.82) is 0 Å². The molecule has 3 aliphatic rings. The molecular formula is C41H53N5O9S2. The maximum atomic E-state index is 12.3. The fourth-order valence-corrected chi connectivity index (χ4v) is 7.69.